The van der Waals surface area contributed by atoms with Crippen LogP contribution in [-0.4, -0.2) is 42.2 Å². The molecular weight excluding hydrogens is 380 g/mol. The molecule has 1 N–H and O–H groups in total. The largest absolute Gasteiger partial charge is 0.394 e. The lowest BCUT2D eigenvalue weighted by Gasteiger charge is -2.45. The number of hydrogen-bond donors (Lipinski definition) is 1. The van der Waals surface area contributed by atoms with Gasteiger partial charge in [-0.05, 0) is 43.0 Å². The quantitative estimate of drug-likeness (QED) is 0.813. The van der Waals surface area contributed by atoms with Crippen LogP contribution < -0.4 is 4.90 Å². The van der Waals surface area contributed by atoms with E-state index in [1.165, 1.54) is 24.8 Å². The summed E-state index contributed by atoms with van der Waals surface area (Å²) in [6.07, 6.45) is 6.70. The van der Waals surface area contributed by atoms with E-state index in [4.69, 9.17) is 0 Å². The molecule has 0 aromatic heterocycles. The topological polar surface area (TPSA) is 43.8 Å². The van der Waals surface area contributed by atoms with Crippen molar-refractivity contribution < 1.29 is 9.90 Å². The average Bonchev–Trinajstić information content (AvgIpc) is 3.07. The van der Waals surface area contributed by atoms with Crippen molar-refractivity contribution in [1.29, 1.82) is 0 Å². The predicted molar refractivity (Wildman–Crippen MR) is 103 cm³/mol. The van der Waals surface area contributed by atoms with Crippen molar-refractivity contribution in [1.82, 2.24) is 4.90 Å². The Morgan fingerprint density at radius 3 is 2.72 bits per heavy atom. The highest BCUT2D eigenvalue weighted by Gasteiger charge is 2.48. The molecule has 0 unspecified atom stereocenters. The summed E-state index contributed by atoms with van der Waals surface area (Å²) < 4.78 is 1.05. The fourth-order valence-electron chi connectivity index (χ4n) is 5.26. The zero-order chi connectivity index (χ0) is 17.6. The molecule has 2 fully saturated rings. The third kappa shape index (κ3) is 2.89. The molecule has 1 aliphatic carbocycles. The third-order valence-electron chi connectivity index (χ3n) is 6.55. The zero-order valence-electron chi connectivity index (χ0n) is 14.8. The van der Waals surface area contributed by atoms with Crippen LogP contribution in [0, 0.1) is 11.8 Å². The Balaban J connectivity index is 1.71. The third-order valence-corrected chi connectivity index (χ3v) is 7.04. The van der Waals surface area contributed by atoms with Gasteiger partial charge in [-0.15, -0.1) is 0 Å². The number of fused-ring (bicyclic) bond motifs is 3. The van der Waals surface area contributed by atoms with Gasteiger partial charge in [0.2, 0.25) is 5.91 Å². The number of hydrogen-bond acceptors (Lipinski definition) is 3. The van der Waals surface area contributed by atoms with E-state index in [-0.39, 0.29) is 24.6 Å². The molecule has 2 heterocycles. The minimum atomic E-state index is 0.0860. The van der Waals surface area contributed by atoms with E-state index in [1.807, 2.05) is 6.07 Å². The molecule has 25 heavy (non-hydrogen) atoms. The van der Waals surface area contributed by atoms with E-state index in [0.29, 0.717) is 11.8 Å². The Kier molecular flexibility index (Phi) is 4.80. The molecule has 1 saturated heterocycles. The van der Waals surface area contributed by atoms with Crippen LogP contribution in [0.4, 0.5) is 5.69 Å². The minimum Gasteiger partial charge on any atom is -0.394 e. The van der Waals surface area contributed by atoms with Crippen molar-refractivity contribution >= 4 is 27.5 Å². The number of amides is 1. The number of anilines is 1. The summed E-state index contributed by atoms with van der Waals surface area (Å²) in [4.78, 5) is 17.6. The number of carbonyl (C=O) groups is 1. The van der Waals surface area contributed by atoms with Crippen molar-refractivity contribution in [3.63, 3.8) is 0 Å². The fraction of sp³-hybridized carbons (Fsp3) is 0.650. The van der Waals surface area contributed by atoms with Gasteiger partial charge >= 0.3 is 0 Å². The van der Waals surface area contributed by atoms with Crippen LogP contribution in [0.15, 0.2) is 22.7 Å². The van der Waals surface area contributed by atoms with Gasteiger partial charge in [-0.2, -0.15) is 0 Å². The first-order valence-corrected chi connectivity index (χ1v) is 10.3. The molecule has 1 amide bonds. The molecule has 2 aliphatic heterocycles. The predicted octanol–water partition coefficient (Wildman–Crippen LogP) is 3.73. The summed E-state index contributed by atoms with van der Waals surface area (Å²) in [5.41, 5.74) is 2.38. The van der Waals surface area contributed by atoms with Gasteiger partial charge in [0, 0.05) is 35.6 Å². The van der Waals surface area contributed by atoms with Gasteiger partial charge in [0.1, 0.15) is 0 Å². The second-order valence-electron chi connectivity index (χ2n) is 7.83. The van der Waals surface area contributed by atoms with Crippen LogP contribution in [0.2, 0.25) is 0 Å². The van der Waals surface area contributed by atoms with Crippen LogP contribution in [0.5, 0.6) is 0 Å². The Labute approximate surface area is 158 Å². The molecule has 3 atom stereocenters. The SMILES string of the molecule is CN1c2ccc(Br)cc2[C@H]2[C@H](CCN2C(=O)C2CCCCC2)[C@H]1CO. The number of likely N-dealkylation sites (tertiary alicyclic amines) is 1. The molecule has 3 aliphatic rings. The number of aliphatic hydroxyl groups excluding tert-OH is 1. The normalized spacial score (nSPS) is 29.5. The van der Waals surface area contributed by atoms with Gasteiger partial charge in [-0.3, -0.25) is 4.79 Å². The number of benzene rings is 1. The summed E-state index contributed by atoms with van der Waals surface area (Å²) in [6, 6.07) is 6.52. The lowest BCUT2D eigenvalue weighted by atomic mass is 9.81. The van der Waals surface area contributed by atoms with E-state index in [0.717, 1.165) is 36.0 Å². The van der Waals surface area contributed by atoms with Gasteiger partial charge in [-0.25, -0.2) is 0 Å². The van der Waals surface area contributed by atoms with E-state index in [2.05, 4.69) is 44.9 Å². The highest BCUT2D eigenvalue weighted by Crippen LogP contribution is 2.49. The van der Waals surface area contributed by atoms with Crippen LogP contribution in [-0.2, 0) is 4.79 Å². The second-order valence-corrected chi connectivity index (χ2v) is 8.74. The Morgan fingerprint density at radius 2 is 2.00 bits per heavy atom. The van der Waals surface area contributed by atoms with E-state index < -0.39 is 0 Å². The van der Waals surface area contributed by atoms with Crippen LogP contribution in [0.3, 0.4) is 0 Å². The van der Waals surface area contributed by atoms with Crippen LogP contribution >= 0.6 is 15.9 Å². The van der Waals surface area contributed by atoms with Crippen molar-refractivity contribution in [2.45, 2.75) is 50.6 Å². The summed E-state index contributed by atoms with van der Waals surface area (Å²) >= 11 is 3.60. The van der Waals surface area contributed by atoms with Crippen molar-refractivity contribution in [3.05, 3.63) is 28.2 Å². The molecule has 0 spiro atoms. The number of nitrogens with zero attached hydrogens (tertiary/aromatic N) is 2. The van der Waals surface area contributed by atoms with Crippen molar-refractivity contribution in [2.75, 3.05) is 25.1 Å². The number of carbonyl (C=O) groups excluding carboxylic acids is 1. The van der Waals surface area contributed by atoms with Gasteiger partial charge in [-0.1, -0.05) is 35.2 Å². The summed E-state index contributed by atoms with van der Waals surface area (Å²) in [5.74, 6) is 0.860. The molecule has 1 aromatic rings. The Hall–Kier alpha value is -1.07. The Bertz CT molecular complexity index is 659. The molecule has 0 bridgehead atoms. The molecule has 136 valence electrons. The molecule has 1 aromatic carbocycles. The molecule has 5 heteroatoms. The smallest absolute Gasteiger partial charge is 0.226 e. The second kappa shape index (κ2) is 6.92. The maximum Gasteiger partial charge on any atom is 0.226 e. The highest BCUT2D eigenvalue weighted by atomic mass is 79.9. The van der Waals surface area contributed by atoms with Gasteiger partial charge in [0.05, 0.1) is 18.7 Å². The standard InChI is InChI=1S/C20H27BrN2O2/c1-22-17-8-7-14(21)11-16(17)19-15(18(22)12-24)9-10-23(19)20(25)13-5-3-2-4-6-13/h7-8,11,13,15,18-19,24H,2-6,9-10,12H2,1H3/t15-,18-,19-/m1/s1. The number of aliphatic hydroxyl groups is 1. The summed E-state index contributed by atoms with van der Waals surface area (Å²) in [7, 11) is 2.06. The molecule has 0 radical (unpaired) electrons. The first-order valence-electron chi connectivity index (χ1n) is 9.55. The molecular formula is C20H27BrN2O2. The maximum absolute atomic E-state index is 13.3. The first kappa shape index (κ1) is 17.3. The number of rotatable bonds is 2. The summed E-state index contributed by atoms with van der Waals surface area (Å²) in [6.45, 7) is 0.958. The van der Waals surface area contributed by atoms with E-state index >= 15 is 0 Å². The van der Waals surface area contributed by atoms with Gasteiger partial charge in [0.25, 0.3) is 0 Å². The van der Waals surface area contributed by atoms with Crippen molar-refractivity contribution in [3.8, 4) is 0 Å². The average molecular weight is 407 g/mol. The minimum absolute atomic E-state index is 0.0860. The van der Waals surface area contributed by atoms with E-state index in [1.54, 1.807) is 0 Å². The highest BCUT2D eigenvalue weighted by molar-refractivity contribution is 9.10. The number of halogens is 1. The molecule has 1 saturated carbocycles. The molecule has 4 nitrogen and oxygen atoms in total. The Morgan fingerprint density at radius 1 is 1.24 bits per heavy atom. The van der Waals surface area contributed by atoms with Gasteiger partial charge in [0.15, 0.2) is 0 Å². The lowest BCUT2D eigenvalue weighted by molar-refractivity contribution is -0.138. The zero-order valence-corrected chi connectivity index (χ0v) is 16.4. The number of likely N-dealkylation sites (N-methyl/N-ethyl adjacent to an activating group) is 1. The molecule has 4 rings (SSSR count). The maximum atomic E-state index is 13.3. The van der Waals surface area contributed by atoms with Crippen LogP contribution in [0.1, 0.15) is 50.1 Å². The summed E-state index contributed by atoms with van der Waals surface area (Å²) in [5, 5.41) is 10.0. The van der Waals surface area contributed by atoms with Crippen molar-refractivity contribution in [2.24, 2.45) is 11.8 Å². The fourth-order valence-corrected chi connectivity index (χ4v) is 5.63. The first-order chi connectivity index (χ1) is 12.1. The van der Waals surface area contributed by atoms with Gasteiger partial charge < -0.3 is 14.9 Å². The van der Waals surface area contributed by atoms with Crippen LogP contribution in [0.25, 0.3) is 0 Å². The van der Waals surface area contributed by atoms with E-state index in [9.17, 15) is 9.90 Å². The monoisotopic (exact) mass is 406 g/mol. The lowest BCUT2D eigenvalue weighted by Crippen LogP contribution is -2.49.